The molecule has 1 N–H and O–H groups in total. The molecule has 3 heteroatoms. The Morgan fingerprint density at radius 2 is 1.48 bits per heavy atom. The lowest BCUT2D eigenvalue weighted by atomic mass is 9.58. The zero-order valence-electron chi connectivity index (χ0n) is 13.4. The Balaban J connectivity index is 1.83. The van der Waals surface area contributed by atoms with Crippen molar-refractivity contribution in [3.8, 4) is 0 Å². The number of hydrogen-bond donors (Lipinski definition) is 1. The molecule has 0 radical (unpaired) electrons. The van der Waals surface area contributed by atoms with Crippen LogP contribution >= 0.6 is 0 Å². The van der Waals surface area contributed by atoms with E-state index in [1.807, 2.05) is 6.92 Å². The van der Waals surface area contributed by atoms with Gasteiger partial charge in [0, 0.05) is 30.4 Å². The maximum Gasteiger partial charge on any atom is 0.236 e. The fourth-order valence-corrected chi connectivity index (χ4v) is 4.30. The molecule has 0 aromatic heterocycles. The topological polar surface area (TPSA) is 41.5 Å². The van der Waals surface area contributed by atoms with Crippen LogP contribution in [0.25, 0.3) is 0 Å². The van der Waals surface area contributed by atoms with E-state index >= 15 is 0 Å². The van der Waals surface area contributed by atoms with Crippen molar-refractivity contribution in [2.45, 2.75) is 32.1 Å². The summed E-state index contributed by atoms with van der Waals surface area (Å²) in [6.07, 6.45) is 1.06. The van der Waals surface area contributed by atoms with E-state index in [9.17, 15) is 4.79 Å². The molecule has 2 aromatic carbocycles. The average molecular weight is 304 g/mol. The van der Waals surface area contributed by atoms with Crippen LogP contribution in [0.15, 0.2) is 53.6 Å². The summed E-state index contributed by atoms with van der Waals surface area (Å²) in [7, 11) is 0. The van der Waals surface area contributed by atoms with Gasteiger partial charge >= 0.3 is 0 Å². The average Bonchev–Trinajstić information content (AvgIpc) is 2.59. The summed E-state index contributed by atoms with van der Waals surface area (Å²) in [5.41, 5.74) is 9.37. The van der Waals surface area contributed by atoms with Crippen molar-refractivity contribution >= 4 is 11.6 Å². The van der Waals surface area contributed by atoms with E-state index in [1.54, 1.807) is 0 Å². The number of nitrogens with one attached hydrogen (secondary N) is 1. The quantitative estimate of drug-likeness (QED) is 0.665. The highest BCUT2D eigenvalue weighted by Gasteiger charge is 2.44. The minimum absolute atomic E-state index is 0.119. The molecule has 2 bridgehead atoms. The third kappa shape index (κ3) is 2.19. The molecule has 0 heterocycles. The number of benzene rings is 2. The lowest BCUT2D eigenvalue weighted by molar-refractivity contribution is -0.118. The molecule has 3 nitrogen and oxygen atoms in total. The van der Waals surface area contributed by atoms with Crippen LogP contribution in [0.2, 0.25) is 0 Å². The van der Waals surface area contributed by atoms with Gasteiger partial charge in [-0.2, -0.15) is 5.10 Å². The van der Waals surface area contributed by atoms with Crippen LogP contribution in [0.1, 0.15) is 54.4 Å². The van der Waals surface area contributed by atoms with Crippen LogP contribution < -0.4 is 5.43 Å². The number of hydrogen-bond acceptors (Lipinski definition) is 2. The first-order chi connectivity index (χ1) is 11.2. The van der Waals surface area contributed by atoms with Gasteiger partial charge in [0.05, 0.1) is 0 Å². The predicted octanol–water partition coefficient (Wildman–Crippen LogP) is 3.80. The summed E-state index contributed by atoms with van der Waals surface area (Å²) >= 11 is 0. The number of carbonyl (C=O) groups is 1. The fourth-order valence-electron chi connectivity index (χ4n) is 4.30. The highest BCUT2D eigenvalue weighted by atomic mass is 16.2. The van der Waals surface area contributed by atoms with Crippen LogP contribution in [-0.2, 0) is 4.79 Å². The Bertz CT molecular complexity index is 761. The maximum absolute atomic E-state index is 11.2. The van der Waals surface area contributed by atoms with E-state index in [4.69, 9.17) is 0 Å². The Morgan fingerprint density at radius 3 is 2.00 bits per heavy atom. The Kier molecular flexibility index (Phi) is 3.29. The van der Waals surface area contributed by atoms with Crippen molar-refractivity contribution in [1.29, 1.82) is 0 Å². The van der Waals surface area contributed by atoms with Crippen molar-refractivity contribution in [3.05, 3.63) is 70.8 Å². The van der Waals surface area contributed by atoms with Crippen molar-refractivity contribution in [2.75, 3.05) is 0 Å². The van der Waals surface area contributed by atoms with Crippen molar-refractivity contribution in [1.82, 2.24) is 5.43 Å². The van der Waals surface area contributed by atoms with E-state index < -0.39 is 0 Å². The molecule has 0 spiro atoms. The molecular weight excluding hydrogens is 284 g/mol. The third-order valence-corrected chi connectivity index (χ3v) is 5.23. The molecule has 23 heavy (non-hydrogen) atoms. The van der Waals surface area contributed by atoms with Gasteiger partial charge in [0.2, 0.25) is 5.91 Å². The number of carbonyl (C=O) groups excluding carboxylic acids is 1. The predicted molar refractivity (Wildman–Crippen MR) is 91.6 cm³/mol. The second kappa shape index (κ2) is 5.34. The SMILES string of the molecule is CC(=O)NN=C(C)C1CC2c3ccccc3C1c1ccccc12. The summed E-state index contributed by atoms with van der Waals surface area (Å²) in [6.45, 7) is 3.53. The summed E-state index contributed by atoms with van der Waals surface area (Å²) in [5, 5.41) is 4.33. The molecule has 116 valence electrons. The molecule has 3 aliphatic carbocycles. The minimum atomic E-state index is -0.119. The minimum Gasteiger partial charge on any atom is -0.274 e. The molecule has 0 aliphatic heterocycles. The van der Waals surface area contributed by atoms with E-state index in [0.717, 1.165) is 12.1 Å². The Morgan fingerprint density at radius 1 is 0.957 bits per heavy atom. The highest BCUT2D eigenvalue weighted by Crippen LogP contribution is 2.55. The molecule has 5 rings (SSSR count). The van der Waals surface area contributed by atoms with Gasteiger partial charge in [-0.15, -0.1) is 0 Å². The largest absolute Gasteiger partial charge is 0.274 e. The van der Waals surface area contributed by atoms with Gasteiger partial charge in [-0.3, -0.25) is 4.79 Å². The first-order valence-electron chi connectivity index (χ1n) is 8.15. The highest BCUT2D eigenvalue weighted by molar-refractivity contribution is 5.88. The standard InChI is InChI=1S/C20H20N2O/c1-12(21-22-13(2)23)18-11-19-14-7-3-5-9-16(14)20(18)17-10-6-4-8-15(17)19/h3-10,18-20H,11H2,1-2H3,(H,22,23). The number of fused-ring (bicyclic) bond motifs is 1. The zero-order valence-corrected chi connectivity index (χ0v) is 13.4. The third-order valence-electron chi connectivity index (χ3n) is 5.23. The maximum atomic E-state index is 11.2. The summed E-state index contributed by atoms with van der Waals surface area (Å²) in [4.78, 5) is 11.2. The fraction of sp³-hybridized carbons (Fsp3) is 0.300. The number of rotatable bonds is 2. The number of amides is 1. The van der Waals surface area contributed by atoms with Gasteiger partial charge in [-0.1, -0.05) is 48.5 Å². The van der Waals surface area contributed by atoms with Crippen molar-refractivity contribution in [3.63, 3.8) is 0 Å². The van der Waals surface area contributed by atoms with Gasteiger partial charge < -0.3 is 0 Å². The smallest absolute Gasteiger partial charge is 0.236 e. The molecule has 3 aliphatic rings. The molecule has 0 saturated heterocycles. The molecular formula is C20H20N2O. The van der Waals surface area contributed by atoms with E-state index in [-0.39, 0.29) is 5.91 Å². The molecule has 1 amide bonds. The van der Waals surface area contributed by atoms with Gasteiger partial charge in [0.15, 0.2) is 0 Å². The summed E-state index contributed by atoms with van der Waals surface area (Å²) in [5.74, 6) is 0.993. The van der Waals surface area contributed by atoms with Crippen molar-refractivity contribution < 1.29 is 4.79 Å². The van der Waals surface area contributed by atoms with Crippen molar-refractivity contribution in [2.24, 2.45) is 11.0 Å². The number of hydrazone groups is 1. The lowest BCUT2D eigenvalue weighted by Gasteiger charge is -2.45. The van der Waals surface area contributed by atoms with E-state index in [1.165, 1.54) is 29.2 Å². The molecule has 0 saturated carbocycles. The lowest BCUT2D eigenvalue weighted by Crippen LogP contribution is -2.36. The molecule has 1 atom stereocenters. The van der Waals surface area contributed by atoms with Crippen LogP contribution in [0.3, 0.4) is 0 Å². The monoisotopic (exact) mass is 304 g/mol. The second-order valence-corrected chi connectivity index (χ2v) is 6.55. The first-order valence-corrected chi connectivity index (χ1v) is 8.15. The molecule has 2 aromatic rings. The van der Waals surface area contributed by atoms with E-state index in [0.29, 0.717) is 17.8 Å². The zero-order chi connectivity index (χ0) is 16.0. The van der Waals surface area contributed by atoms with E-state index in [2.05, 4.69) is 59.1 Å². The van der Waals surface area contributed by atoms with Gasteiger partial charge in [0.25, 0.3) is 0 Å². The van der Waals surface area contributed by atoms with Crippen LogP contribution in [0.5, 0.6) is 0 Å². The Hall–Kier alpha value is -2.42. The molecule has 1 unspecified atom stereocenters. The van der Waals surface area contributed by atoms with Crippen LogP contribution in [0.4, 0.5) is 0 Å². The van der Waals surface area contributed by atoms with Crippen LogP contribution in [0, 0.1) is 5.92 Å². The van der Waals surface area contributed by atoms with Gasteiger partial charge in [-0.05, 0) is 35.6 Å². The summed E-state index contributed by atoms with van der Waals surface area (Å²) < 4.78 is 0. The number of nitrogens with zero attached hydrogens (tertiary/aromatic N) is 1. The normalized spacial score (nSPS) is 24.8. The van der Waals surface area contributed by atoms with Gasteiger partial charge in [0.1, 0.15) is 0 Å². The van der Waals surface area contributed by atoms with Gasteiger partial charge in [-0.25, -0.2) is 5.43 Å². The summed E-state index contributed by atoms with van der Waals surface area (Å²) in [6, 6.07) is 17.5. The second-order valence-electron chi connectivity index (χ2n) is 6.55. The van der Waals surface area contributed by atoms with Crippen LogP contribution in [-0.4, -0.2) is 11.6 Å². The Labute approximate surface area is 136 Å². The first kappa shape index (κ1) is 14.2. The molecule has 0 fully saturated rings.